The average Bonchev–Trinajstić information content (AvgIpc) is 2.36. The van der Waals surface area contributed by atoms with Crippen molar-refractivity contribution in [1.82, 2.24) is 10.6 Å². The molecule has 17 heavy (non-hydrogen) atoms. The van der Waals surface area contributed by atoms with Crippen molar-refractivity contribution in [1.29, 1.82) is 0 Å². The second kappa shape index (κ2) is 5.39. The maximum Gasteiger partial charge on any atom is 0.131 e. The molecule has 0 aliphatic carbocycles. The van der Waals surface area contributed by atoms with Crippen LogP contribution in [-0.2, 0) is 0 Å². The van der Waals surface area contributed by atoms with E-state index in [0.29, 0.717) is 11.7 Å². The van der Waals surface area contributed by atoms with Gasteiger partial charge in [0, 0.05) is 41.8 Å². The van der Waals surface area contributed by atoms with Crippen molar-refractivity contribution < 1.29 is 0 Å². The zero-order valence-corrected chi connectivity index (χ0v) is 10.7. The number of hydrogen-bond donors (Lipinski definition) is 3. The van der Waals surface area contributed by atoms with E-state index in [0.717, 1.165) is 22.7 Å². The molecule has 0 amide bonds. The molecule has 0 saturated carbocycles. The molecule has 0 bridgehead atoms. The van der Waals surface area contributed by atoms with Gasteiger partial charge in [-0.1, -0.05) is 13.2 Å². The molecule has 0 saturated heterocycles. The summed E-state index contributed by atoms with van der Waals surface area (Å²) in [6, 6.07) is 0.303. The van der Waals surface area contributed by atoms with Crippen molar-refractivity contribution in [3.05, 3.63) is 48.0 Å². The number of aliphatic imine (C=N–C) groups is 1. The van der Waals surface area contributed by atoms with Gasteiger partial charge in [0.15, 0.2) is 0 Å². The van der Waals surface area contributed by atoms with Gasteiger partial charge in [-0.2, -0.15) is 0 Å². The number of nitrogens with zero attached hydrogens (tertiary/aromatic N) is 1. The van der Waals surface area contributed by atoms with Gasteiger partial charge in [-0.3, -0.25) is 4.99 Å². The minimum Gasteiger partial charge on any atom is -0.399 e. The Kier molecular flexibility index (Phi) is 4.15. The van der Waals surface area contributed by atoms with Crippen molar-refractivity contribution in [3.63, 3.8) is 0 Å². The van der Waals surface area contributed by atoms with E-state index in [1.165, 1.54) is 0 Å². The van der Waals surface area contributed by atoms with Gasteiger partial charge >= 0.3 is 0 Å². The second-order valence-electron chi connectivity index (χ2n) is 4.18. The number of nitrogens with one attached hydrogen (secondary N) is 2. The molecule has 92 valence electrons. The maximum absolute atomic E-state index is 5.78. The Hall–Kier alpha value is -1.97. The predicted molar refractivity (Wildman–Crippen MR) is 73.4 cm³/mol. The van der Waals surface area contributed by atoms with Crippen LogP contribution in [0.15, 0.2) is 53.0 Å². The Labute approximate surface area is 103 Å². The molecule has 4 heteroatoms. The van der Waals surface area contributed by atoms with Crippen LogP contribution in [0.5, 0.6) is 0 Å². The molecule has 1 aliphatic rings. The van der Waals surface area contributed by atoms with E-state index in [1.54, 1.807) is 13.2 Å². The van der Waals surface area contributed by atoms with Crippen molar-refractivity contribution >= 4 is 5.84 Å². The number of amidine groups is 1. The zero-order valence-electron chi connectivity index (χ0n) is 10.7. The van der Waals surface area contributed by atoms with Crippen LogP contribution in [0.25, 0.3) is 0 Å². The van der Waals surface area contributed by atoms with Crippen molar-refractivity contribution in [2.45, 2.75) is 19.9 Å². The van der Waals surface area contributed by atoms with Crippen molar-refractivity contribution in [2.75, 3.05) is 7.05 Å². The van der Waals surface area contributed by atoms with Crippen LogP contribution in [-0.4, -0.2) is 18.9 Å². The first-order valence-corrected chi connectivity index (χ1v) is 5.51. The fourth-order valence-corrected chi connectivity index (χ4v) is 1.54. The number of hydrogen-bond acceptors (Lipinski definition) is 3. The lowest BCUT2D eigenvalue weighted by atomic mass is 10.1. The van der Waals surface area contributed by atoms with Gasteiger partial charge in [-0.05, 0) is 19.9 Å². The molecule has 4 nitrogen and oxygen atoms in total. The summed E-state index contributed by atoms with van der Waals surface area (Å²) in [4.78, 5) is 4.11. The molecule has 0 radical (unpaired) electrons. The van der Waals surface area contributed by atoms with Gasteiger partial charge in [-0.15, -0.1) is 0 Å². The first-order valence-electron chi connectivity index (χ1n) is 5.51. The van der Waals surface area contributed by atoms with E-state index in [1.807, 2.05) is 6.08 Å². The zero-order chi connectivity index (χ0) is 13.0. The van der Waals surface area contributed by atoms with E-state index in [2.05, 4.69) is 42.6 Å². The molecule has 1 heterocycles. The van der Waals surface area contributed by atoms with Crippen LogP contribution in [0.1, 0.15) is 13.8 Å². The molecule has 0 aromatic heterocycles. The summed E-state index contributed by atoms with van der Waals surface area (Å²) in [5.74, 6) is 0.726. The highest BCUT2D eigenvalue weighted by atomic mass is 15.0. The van der Waals surface area contributed by atoms with Gasteiger partial charge in [-0.25, -0.2) is 0 Å². The highest BCUT2D eigenvalue weighted by Crippen LogP contribution is 2.17. The molecular formula is C13H20N4. The Balaban J connectivity index is 3.17. The maximum atomic E-state index is 5.78. The first kappa shape index (κ1) is 13.1. The molecule has 0 aromatic rings. The van der Waals surface area contributed by atoms with Gasteiger partial charge in [0.1, 0.15) is 5.84 Å². The summed E-state index contributed by atoms with van der Waals surface area (Å²) < 4.78 is 0. The monoisotopic (exact) mass is 232 g/mol. The van der Waals surface area contributed by atoms with Crippen LogP contribution < -0.4 is 16.4 Å². The van der Waals surface area contributed by atoms with Crippen molar-refractivity contribution in [2.24, 2.45) is 10.7 Å². The van der Waals surface area contributed by atoms with Crippen LogP contribution >= 0.6 is 0 Å². The smallest absolute Gasteiger partial charge is 0.131 e. The van der Waals surface area contributed by atoms with E-state index in [9.17, 15) is 0 Å². The number of nitrogens with two attached hydrogens (primary N) is 1. The molecule has 4 N–H and O–H groups in total. The highest BCUT2D eigenvalue weighted by molar-refractivity contribution is 6.01. The predicted octanol–water partition coefficient (Wildman–Crippen LogP) is 1.41. The topological polar surface area (TPSA) is 62.4 Å². The molecule has 0 aromatic carbocycles. The van der Waals surface area contributed by atoms with E-state index in [-0.39, 0.29) is 0 Å². The van der Waals surface area contributed by atoms with Crippen LogP contribution in [0.4, 0.5) is 0 Å². The van der Waals surface area contributed by atoms with Crippen LogP contribution in [0.2, 0.25) is 0 Å². The summed E-state index contributed by atoms with van der Waals surface area (Å²) in [6.07, 6.45) is 3.72. The average molecular weight is 232 g/mol. The Morgan fingerprint density at radius 2 is 2.18 bits per heavy atom. The van der Waals surface area contributed by atoms with Gasteiger partial charge in [0.05, 0.1) is 0 Å². The fraction of sp³-hybridized carbons (Fsp3) is 0.308. The minimum absolute atomic E-state index is 0.303. The lowest BCUT2D eigenvalue weighted by Gasteiger charge is -2.16. The molecule has 0 atom stereocenters. The summed E-state index contributed by atoms with van der Waals surface area (Å²) in [7, 11) is 1.72. The third-order valence-electron chi connectivity index (χ3n) is 2.28. The van der Waals surface area contributed by atoms with Crippen molar-refractivity contribution in [3.8, 4) is 0 Å². The first-order chi connectivity index (χ1) is 7.95. The third-order valence-corrected chi connectivity index (χ3v) is 2.28. The van der Waals surface area contributed by atoms with Crippen LogP contribution in [0.3, 0.4) is 0 Å². The summed E-state index contributed by atoms with van der Waals surface area (Å²) in [5, 5.41) is 6.40. The lowest BCUT2D eigenvalue weighted by molar-refractivity contribution is 0.675. The molecule has 1 aliphatic heterocycles. The lowest BCUT2D eigenvalue weighted by Crippen LogP contribution is -2.24. The molecule has 0 fully saturated rings. The summed E-state index contributed by atoms with van der Waals surface area (Å²) >= 11 is 0. The quantitative estimate of drug-likeness (QED) is 0.689. The standard InChI is InChI=1S/C13H20N4/c1-8(2)17-12-6-9(3)13(15-5)16-7-11(12)10(4)14/h6-8,17H,3-4,14H2,1-2,5H3,(H,15,16). The fourth-order valence-electron chi connectivity index (χ4n) is 1.54. The van der Waals surface area contributed by atoms with Gasteiger partial charge < -0.3 is 16.4 Å². The van der Waals surface area contributed by atoms with E-state index < -0.39 is 0 Å². The molecule has 1 rings (SSSR count). The Morgan fingerprint density at radius 3 is 2.65 bits per heavy atom. The minimum atomic E-state index is 0.303. The Morgan fingerprint density at radius 1 is 1.53 bits per heavy atom. The van der Waals surface area contributed by atoms with Crippen LogP contribution in [0, 0.1) is 0 Å². The van der Waals surface area contributed by atoms with E-state index in [4.69, 9.17) is 5.73 Å². The van der Waals surface area contributed by atoms with Gasteiger partial charge in [0.25, 0.3) is 0 Å². The normalized spacial score (nSPS) is 18.4. The SMILES string of the molecule is C=C(N)C1=CNC(=NC)C(=C)C=C1NC(C)C. The molecule has 0 spiro atoms. The summed E-state index contributed by atoms with van der Waals surface area (Å²) in [5.41, 5.74) is 8.83. The summed E-state index contributed by atoms with van der Waals surface area (Å²) in [6.45, 7) is 11.9. The highest BCUT2D eigenvalue weighted by Gasteiger charge is 2.14. The molecular weight excluding hydrogens is 212 g/mol. The van der Waals surface area contributed by atoms with Gasteiger partial charge in [0.2, 0.25) is 0 Å². The Bertz CT molecular complexity index is 425. The van der Waals surface area contributed by atoms with E-state index >= 15 is 0 Å². The number of rotatable bonds is 3. The molecule has 0 unspecified atom stereocenters. The largest absolute Gasteiger partial charge is 0.399 e. The second-order valence-corrected chi connectivity index (χ2v) is 4.18. The third kappa shape index (κ3) is 3.24.